The van der Waals surface area contributed by atoms with E-state index in [1.807, 2.05) is 0 Å². The predicted molar refractivity (Wildman–Crippen MR) is 110 cm³/mol. The highest BCUT2D eigenvalue weighted by Crippen LogP contribution is 2.25. The van der Waals surface area contributed by atoms with Gasteiger partial charge in [0.25, 0.3) is 0 Å². The number of carbonyl (C=O) groups is 1. The summed E-state index contributed by atoms with van der Waals surface area (Å²) in [6.07, 6.45) is 13.4. The number of carbonyl (C=O) groups excluding carboxylic acids is 1. The zero-order chi connectivity index (χ0) is 20.3. The van der Waals surface area contributed by atoms with Crippen LogP contribution in [0, 0.1) is 5.82 Å². The first kappa shape index (κ1) is 21.0. The van der Waals surface area contributed by atoms with Gasteiger partial charge in [-0.15, -0.1) is 0 Å². The van der Waals surface area contributed by atoms with Crippen molar-refractivity contribution in [1.29, 1.82) is 0 Å². The number of pyridine rings is 1. The lowest BCUT2D eigenvalue weighted by molar-refractivity contribution is -0.116. The van der Waals surface area contributed by atoms with Gasteiger partial charge in [-0.05, 0) is 55.2 Å². The van der Waals surface area contributed by atoms with E-state index >= 15 is 0 Å². The van der Waals surface area contributed by atoms with Crippen LogP contribution in [0.2, 0.25) is 0 Å². The molecule has 154 valence electrons. The summed E-state index contributed by atoms with van der Waals surface area (Å²) >= 11 is 0. The van der Waals surface area contributed by atoms with Crippen LogP contribution in [0.4, 0.5) is 4.39 Å². The number of aromatic nitrogens is 1. The van der Waals surface area contributed by atoms with E-state index in [-0.39, 0.29) is 11.7 Å². The van der Waals surface area contributed by atoms with Crippen molar-refractivity contribution in [3.05, 3.63) is 60.2 Å². The van der Waals surface area contributed by atoms with E-state index in [4.69, 9.17) is 9.47 Å². The van der Waals surface area contributed by atoms with E-state index in [1.54, 1.807) is 30.5 Å². The monoisotopic (exact) mass is 398 g/mol. The fourth-order valence-corrected chi connectivity index (χ4v) is 3.23. The van der Waals surface area contributed by atoms with E-state index in [1.165, 1.54) is 43.7 Å². The van der Waals surface area contributed by atoms with Crippen molar-refractivity contribution in [2.24, 2.45) is 0 Å². The van der Waals surface area contributed by atoms with Gasteiger partial charge in [-0.2, -0.15) is 0 Å². The van der Waals surface area contributed by atoms with Gasteiger partial charge >= 0.3 is 0 Å². The molecule has 2 aromatic rings. The average molecular weight is 398 g/mol. The lowest BCUT2D eigenvalue weighted by Crippen LogP contribution is -2.24. The molecule has 1 heterocycles. The molecule has 0 aliphatic heterocycles. The Balaban J connectivity index is 1.38. The molecule has 0 bridgehead atoms. The van der Waals surface area contributed by atoms with Crippen LogP contribution < -0.4 is 10.1 Å². The van der Waals surface area contributed by atoms with E-state index in [2.05, 4.69) is 10.3 Å². The van der Waals surface area contributed by atoms with Crippen molar-refractivity contribution in [3.63, 3.8) is 0 Å². The Kier molecular flexibility index (Phi) is 8.19. The molecule has 1 aromatic heterocycles. The lowest BCUT2D eigenvalue weighted by Gasteiger charge is -2.21. The molecule has 1 aromatic carbocycles. The molecule has 0 atom stereocenters. The molecule has 1 aliphatic carbocycles. The summed E-state index contributed by atoms with van der Waals surface area (Å²) in [5.74, 6) is -0.144. The highest BCUT2D eigenvalue weighted by Gasteiger charge is 2.13. The van der Waals surface area contributed by atoms with Crippen LogP contribution >= 0.6 is 0 Å². The third-order valence-electron chi connectivity index (χ3n) is 4.77. The third-order valence-corrected chi connectivity index (χ3v) is 4.77. The van der Waals surface area contributed by atoms with Gasteiger partial charge in [0.2, 0.25) is 5.91 Å². The Bertz CT molecular complexity index is 805. The molecule has 0 radical (unpaired) electrons. The van der Waals surface area contributed by atoms with Crippen molar-refractivity contribution >= 4 is 12.0 Å². The maximum Gasteiger partial charge on any atom is 0.244 e. The molecule has 0 spiro atoms. The van der Waals surface area contributed by atoms with Gasteiger partial charge in [0.05, 0.1) is 12.3 Å². The van der Waals surface area contributed by atoms with Crippen LogP contribution in [0.5, 0.6) is 11.5 Å². The smallest absolute Gasteiger partial charge is 0.244 e. The molecular formula is C23H27FN2O3. The van der Waals surface area contributed by atoms with Gasteiger partial charge in [0.1, 0.15) is 5.75 Å². The van der Waals surface area contributed by atoms with E-state index in [9.17, 15) is 9.18 Å². The number of rotatable bonds is 9. The summed E-state index contributed by atoms with van der Waals surface area (Å²) in [6.45, 7) is 1.22. The fourth-order valence-electron chi connectivity index (χ4n) is 3.23. The Morgan fingerprint density at radius 3 is 2.86 bits per heavy atom. The van der Waals surface area contributed by atoms with Crippen LogP contribution in [0.25, 0.3) is 6.08 Å². The van der Waals surface area contributed by atoms with Crippen molar-refractivity contribution in [2.45, 2.75) is 44.6 Å². The first-order valence-electron chi connectivity index (χ1n) is 10.2. The minimum absolute atomic E-state index is 0.109. The summed E-state index contributed by atoms with van der Waals surface area (Å²) < 4.78 is 25.5. The molecule has 0 saturated heterocycles. The minimum Gasteiger partial charge on any atom is -0.453 e. The highest BCUT2D eigenvalue weighted by atomic mass is 19.1. The molecule has 1 amide bonds. The highest BCUT2D eigenvalue weighted by molar-refractivity contribution is 5.91. The number of hydrogen-bond donors (Lipinski definition) is 1. The van der Waals surface area contributed by atoms with E-state index < -0.39 is 5.82 Å². The largest absolute Gasteiger partial charge is 0.453 e. The normalized spacial score (nSPS) is 14.8. The van der Waals surface area contributed by atoms with Crippen molar-refractivity contribution in [2.75, 3.05) is 13.2 Å². The molecular weight excluding hydrogens is 371 g/mol. The van der Waals surface area contributed by atoms with E-state index in [0.29, 0.717) is 30.6 Å². The number of hydrogen-bond acceptors (Lipinski definition) is 4. The van der Waals surface area contributed by atoms with Crippen molar-refractivity contribution in [3.8, 4) is 11.5 Å². The number of halogens is 1. The standard InChI is InChI=1S/C23H27FN2O3/c24-21-16-18(9-11-22(21)29-20-8-4-13-25-17-20)10-12-23(27)26-14-5-15-28-19-6-2-1-3-7-19/h4,8-13,16-17,19H,1-3,5-7,14-15H2,(H,26,27)/b12-10+. The molecule has 29 heavy (non-hydrogen) atoms. The number of nitrogens with zero attached hydrogens (tertiary/aromatic N) is 1. The summed E-state index contributed by atoms with van der Waals surface area (Å²) in [7, 11) is 0. The summed E-state index contributed by atoms with van der Waals surface area (Å²) in [4.78, 5) is 15.8. The van der Waals surface area contributed by atoms with Crippen LogP contribution in [-0.4, -0.2) is 30.1 Å². The molecule has 5 nitrogen and oxygen atoms in total. The quantitative estimate of drug-likeness (QED) is 0.483. The topological polar surface area (TPSA) is 60.5 Å². The molecule has 1 saturated carbocycles. The van der Waals surface area contributed by atoms with E-state index in [0.717, 1.165) is 19.3 Å². The van der Waals surface area contributed by atoms with Crippen LogP contribution in [0.1, 0.15) is 44.1 Å². The minimum atomic E-state index is -0.503. The zero-order valence-electron chi connectivity index (χ0n) is 16.5. The number of ether oxygens (including phenoxy) is 2. The number of amides is 1. The maximum atomic E-state index is 14.2. The molecule has 0 unspecified atom stereocenters. The van der Waals surface area contributed by atoms with Gasteiger partial charge < -0.3 is 14.8 Å². The molecule has 1 N–H and O–H groups in total. The van der Waals surface area contributed by atoms with Crippen molar-refractivity contribution < 1.29 is 18.7 Å². The van der Waals surface area contributed by atoms with Crippen LogP contribution in [0.15, 0.2) is 48.8 Å². The number of benzene rings is 1. The molecule has 1 aliphatic rings. The van der Waals surface area contributed by atoms with Crippen LogP contribution in [-0.2, 0) is 9.53 Å². The second-order valence-electron chi connectivity index (χ2n) is 7.09. The Hall–Kier alpha value is -2.73. The second-order valence-corrected chi connectivity index (χ2v) is 7.09. The Morgan fingerprint density at radius 1 is 1.24 bits per heavy atom. The van der Waals surface area contributed by atoms with Gasteiger partial charge in [-0.1, -0.05) is 25.3 Å². The summed E-state index contributed by atoms with van der Waals surface area (Å²) in [6, 6.07) is 7.96. The van der Waals surface area contributed by atoms with Gasteiger partial charge in [-0.25, -0.2) is 4.39 Å². The lowest BCUT2D eigenvalue weighted by atomic mass is 9.98. The van der Waals surface area contributed by atoms with Gasteiger partial charge in [0.15, 0.2) is 11.6 Å². The molecule has 6 heteroatoms. The zero-order valence-corrected chi connectivity index (χ0v) is 16.5. The maximum absolute atomic E-state index is 14.2. The average Bonchev–Trinajstić information content (AvgIpc) is 2.75. The van der Waals surface area contributed by atoms with Gasteiger partial charge in [0, 0.05) is 25.4 Å². The summed E-state index contributed by atoms with van der Waals surface area (Å²) in [5, 5.41) is 2.82. The summed E-state index contributed by atoms with van der Waals surface area (Å²) in [5.41, 5.74) is 0.580. The van der Waals surface area contributed by atoms with Gasteiger partial charge in [-0.3, -0.25) is 9.78 Å². The molecule has 3 rings (SSSR count). The fraction of sp³-hybridized carbons (Fsp3) is 0.391. The Labute approximate surface area is 170 Å². The first-order valence-corrected chi connectivity index (χ1v) is 10.2. The second kappa shape index (κ2) is 11.3. The number of nitrogens with one attached hydrogen (secondary N) is 1. The van der Waals surface area contributed by atoms with Crippen molar-refractivity contribution in [1.82, 2.24) is 10.3 Å². The predicted octanol–water partition coefficient (Wildman–Crippen LogP) is 4.88. The first-order chi connectivity index (χ1) is 14.2. The molecule has 1 fully saturated rings. The van der Waals surface area contributed by atoms with Crippen LogP contribution in [0.3, 0.4) is 0 Å². The Morgan fingerprint density at radius 2 is 2.10 bits per heavy atom. The third kappa shape index (κ3) is 7.31. The SMILES string of the molecule is O=C(/C=C/c1ccc(Oc2cccnc2)c(F)c1)NCCCOC1CCCCC1.